The van der Waals surface area contributed by atoms with Crippen molar-refractivity contribution in [1.29, 1.82) is 0 Å². The van der Waals surface area contributed by atoms with Crippen LogP contribution in [0.4, 0.5) is 10.1 Å². The molecule has 1 N–H and O–H groups in total. The van der Waals surface area contributed by atoms with Gasteiger partial charge >= 0.3 is 0 Å². The van der Waals surface area contributed by atoms with Crippen LogP contribution in [-0.2, 0) is 9.59 Å². The van der Waals surface area contributed by atoms with Gasteiger partial charge in [0.25, 0.3) is 0 Å². The van der Waals surface area contributed by atoms with Crippen molar-refractivity contribution in [1.82, 2.24) is 5.32 Å². The molecule has 1 saturated heterocycles. The second-order valence-electron chi connectivity index (χ2n) is 6.00. The van der Waals surface area contributed by atoms with Crippen molar-refractivity contribution in [3.8, 4) is 0 Å². The molecule has 2 rings (SSSR count). The van der Waals surface area contributed by atoms with Gasteiger partial charge in [-0.25, -0.2) is 4.39 Å². The van der Waals surface area contributed by atoms with Crippen LogP contribution in [0, 0.1) is 11.2 Å². The minimum atomic E-state index is -1.06. The molecule has 21 heavy (non-hydrogen) atoms. The fraction of sp³-hybridized carbons (Fsp3) is 0.500. The third kappa shape index (κ3) is 3.06. The second kappa shape index (κ2) is 5.84. The predicted octanol–water partition coefficient (Wildman–Crippen LogP) is 2.48. The molecular formula is C16H21FN2O2. The maximum absolute atomic E-state index is 13.0. The molecule has 4 nitrogen and oxygen atoms in total. The van der Waals surface area contributed by atoms with Crippen LogP contribution in [0.3, 0.4) is 0 Å². The van der Waals surface area contributed by atoms with Crippen LogP contribution in [0.25, 0.3) is 0 Å². The summed E-state index contributed by atoms with van der Waals surface area (Å²) in [4.78, 5) is 26.7. The summed E-state index contributed by atoms with van der Waals surface area (Å²) in [6, 6.07) is 5.77. The highest BCUT2D eigenvalue weighted by Gasteiger charge is 2.46. The molecule has 0 spiro atoms. The van der Waals surface area contributed by atoms with Crippen molar-refractivity contribution >= 4 is 17.5 Å². The third-order valence-electron chi connectivity index (χ3n) is 3.83. The van der Waals surface area contributed by atoms with Crippen molar-refractivity contribution in [2.75, 3.05) is 11.4 Å². The largest absolute Gasteiger partial charge is 0.353 e. The first-order valence-electron chi connectivity index (χ1n) is 7.23. The number of carbonyl (C=O) groups is 2. The first-order chi connectivity index (χ1) is 9.84. The normalized spacial score (nSPS) is 22.5. The Morgan fingerprint density at radius 2 is 1.95 bits per heavy atom. The number of benzene rings is 1. The Labute approximate surface area is 124 Å². The average Bonchev–Trinajstić information content (AvgIpc) is 2.42. The van der Waals surface area contributed by atoms with Crippen LogP contribution in [-0.4, -0.2) is 24.4 Å². The summed E-state index contributed by atoms with van der Waals surface area (Å²) in [5.41, 5.74) is -0.429. The molecule has 0 unspecified atom stereocenters. The van der Waals surface area contributed by atoms with Gasteiger partial charge in [-0.05, 0) is 57.9 Å². The van der Waals surface area contributed by atoms with E-state index in [2.05, 4.69) is 5.32 Å². The molecule has 1 heterocycles. The Balaban J connectivity index is 2.25. The van der Waals surface area contributed by atoms with Gasteiger partial charge in [0.1, 0.15) is 11.2 Å². The molecule has 114 valence electrons. The lowest BCUT2D eigenvalue weighted by Gasteiger charge is -2.38. The van der Waals surface area contributed by atoms with Gasteiger partial charge in [0.05, 0.1) is 0 Å². The van der Waals surface area contributed by atoms with Crippen LogP contribution < -0.4 is 10.2 Å². The van der Waals surface area contributed by atoms with Gasteiger partial charge < -0.3 is 10.2 Å². The van der Waals surface area contributed by atoms with E-state index in [9.17, 15) is 14.0 Å². The Kier molecular flexibility index (Phi) is 4.30. The van der Waals surface area contributed by atoms with Gasteiger partial charge in [-0.1, -0.05) is 0 Å². The van der Waals surface area contributed by atoms with Gasteiger partial charge in [-0.3, -0.25) is 9.59 Å². The highest BCUT2D eigenvalue weighted by molar-refractivity contribution is 6.12. The first kappa shape index (κ1) is 15.5. The number of hydrogen-bond acceptors (Lipinski definition) is 2. The minimum Gasteiger partial charge on any atom is -0.353 e. The predicted molar refractivity (Wildman–Crippen MR) is 79.4 cm³/mol. The molecular weight excluding hydrogens is 271 g/mol. The van der Waals surface area contributed by atoms with Gasteiger partial charge in [-0.2, -0.15) is 0 Å². The average molecular weight is 292 g/mol. The van der Waals surface area contributed by atoms with Crippen molar-refractivity contribution in [3.05, 3.63) is 30.1 Å². The molecule has 0 bridgehead atoms. The number of nitrogens with zero attached hydrogens (tertiary/aromatic N) is 1. The zero-order valence-electron chi connectivity index (χ0n) is 12.6. The molecule has 1 aliphatic heterocycles. The topological polar surface area (TPSA) is 49.4 Å². The summed E-state index contributed by atoms with van der Waals surface area (Å²) >= 11 is 0. The van der Waals surface area contributed by atoms with E-state index >= 15 is 0 Å². The highest BCUT2D eigenvalue weighted by atomic mass is 19.1. The lowest BCUT2D eigenvalue weighted by atomic mass is 9.79. The molecule has 1 atom stereocenters. The highest BCUT2D eigenvalue weighted by Crippen LogP contribution is 2.34. The standard InChI is InChI=1S/C16H21FN2O2/c1-11(2)18-14(20)16(3)9-4-10-19(15(16)21)13-7-5-12(17)6-8-13/h5-8,11H,4,9-10H2,1-3H3,(H,18,20)/t16-/m1/s1. The zero-order chi connectivity index (χ0) is 15.6. The maximum atomic E-state index is 13.0. The summed E-state index contributed by atoms with van der Waals surface area (Å²) < 4.78 is 13.0. The number of rotatable bonds is 3. The van der Waals surface area contributed by atoms with E-state index in [0.29, 0.717) is 18.7 Å². The molecule has 1 aromatic rings. The van der Waals surface area contributed by atoms with E-state index in [1.165, 1.54) is 12.1 Å². The molecule has 1 aliphatic rings. The molecule has 0 radical (unpaired) electrons. The number of nitrogens with one attached hydrogen (secondary N) is 1. The fourth-order valence-electron chi connectivity index (χ4n) is 2.60. The van der Waals surface area contributed by atoms with Gasteiger partial charge in [-0.15, -0.1) is 0 Å². The van der Waals surface area contributed by atoms with E-state index in [1.807, 2.05) is 13.8 Å². The number of carbonyl (C=O) groups excluding carboxylic acids is 2. The number of piperidine rings is 1. The Hall–Kier alpha value is -1.91. The zero-order valence-corrected chi connectivity index (χ0v) is 12.6. The number of halogens is 1. The molecule has 0 saturated carbocycles. The van der Waals surface area contributed by atoms with E-state index in [1.54, 1.807) is 24.0 Å². The van der Waals surface area contributed by atoms with Crippen molar-refractivity contribution < 1.29 is 14.0 Å². The second-order valence-corrected chi connectivity index (χ2v) is 6.00. The van der Waals surface area contributed by atoms with Gasteiger partial charge in [0.15, 0.2) is 0 Å². The molecule has 1 fully saturated rings. The smallest absolute Gasteiger partial charge is 0.242 e. The summed E-state index contributed by atoms with van der Waals surface area (Å²) in [6.45, 7) is 5.97. The van der Waals surface area contributed by atoms with Crippen molar-refractivity contribution in [2.45, 2.75) is 39.7 Å². The van der Waals surface area contributed by atoms with Crippen LogP contribution in [0.15, 0.2) is 24.3 Å². The van der Waals surface area contributed by atoms with Crippen molar-refractivity contribution in [2.24, 2.45) is 5.41 Å². The summed E-state index contributed by atoms with van der Waals surface area (Å²) in [5, 5.41) is 2.82. The summed E-state index contributed by atoms with van der Waals surface area (Å²) in [7, 11) is 0. The van der Waals surface area contributed by atoms with Gasteiger partial charge in [0, 0.05) is 18.3 Å². The monoisotopic (exact) mass is 292 g/mol. The molecule has 0 aromatic heterocycles. The van der Waals surface area contributed by atoms with Crippen LogP contribution in [0.1, 0.15) is 33.6 Å². The Bertz CT molecular complexity index is 542. The number of hydrogen-bond donors (Lipinski definition) is 1. The minimum absolute atomic E-state index is 0.0108. The number of anilines is 1. The summed E-state index contributed by atoms with van der Waals surface area (Å²) in [5.74, 6) is -0.809. The molecule has 2 amide bonds. The first-order valence-corrected chi connectivity index (χ1v) is 7.23. The SMILES string of the molecule is CC(C)NC(=O)[C@@]1(C)CCCN(c2ccc(F)cc2)C1=O. The van der Waals surface area contributed by atoms with E-state index < -0.39 is 5.41 Å². The summed E-state index contributed by atoms with van der Waals surface area (Å²) in [6.07, 6.45) is 1.27. The Morgan fingerprint density at radius 1 is 1.33 bits per heavy atom. The lowest BCUT2D eigenvalue weighted by molar-refractivity contribution is -0.143. The van der Waals surface area contributed by atoms with Crippen LogP contribution >= 0.6 is 0 Å². The maximum Gasteiger partial charge on any atom is 0.242 e. The third-order valence-corrected chi connectivity index (χ3v) is 3.83. The number of amides is 2. The molecule has 5 heteroatoms. The molecule has 1 aromatic carbocycles. The van der Waals surface area contributed by atoms with E-state index in [-0.39, 0.29) is 23.7 Å². The van der Waals surface area contributed by atoms with Gasteiger partial charge in [0.2, 0.25) is 11.8 Å². The quantitative estimate of drug-likeness (QED) is 0.870. The fourth-order valence-corrected chi connectivity index (χ4v) is 2.60. The van der Waals surface area contributed by atoms with E-state index in [0.717, 1.165) is 6.42 Å². The Morgan fingerprint density at radius 3 is 2.52 bits per heavy atom. The van der Waals surface area contributed by atoms with Crippen molar-refractivity contribution in [3.63, 3.8) is 0 Å². The van der Waals surface area contributed by atoms with Crippen LogP contribution in [0.2, 0.25) is 0 Å². The van der Waals surface area contributed by atoms with Crippen LogP contribution in [0.5, 0.6) is 0 Å². The lowest BCUT2D eigenvalue weighted by Crippen LogP contribution is -2.55. The van der Waals surface area contributed by atoms with E-state index in [4.69, 9.17) is 0 Å². The molecule has 0 aliphatic carbocycles.